The van der Waals surface area contributed by atoms with Crippen LogP contribution in [0.5, 0.6) is 0 Å². The molecular weight excluding hydrogens is 292 g/mol. The molecule has 2 aromatic rings. The van der Waals surface area contributed by atoms with Crippen molar-refractivity contribution in [1.29, 1.82) is 0 Å². The summed E-state index contributed by atoms with van der Waals surface area (Å²) < 4.78 is 27.2. The highest BCUT2D eigenvalue weighted by Gasteiger charge is 2.17. The zero-order valence-electron chi connectivity index (χ0n) is 9.55. The van der Waals surface area contributed by atoms with Crippen LogP contribution in [-0.2, 0) is 27.9 Å². The van der Waals surface area contributed by atoms with E-state index in [1.54, 1.807) is 11.6 Å². The number of thiazole rings is 1. The first kappa shape index (κ1) is 13.6. The van der Waals surface area contributed by atoms with E-state index < -0.39 is 16.0 Å². The molecule has 0 aliphatic rings. The number of carboxylic acids is 1. The smallest absolute Gasteiger partial charge is 0.325 e. The van der Waals surface area contributed by atoms with Crippen LogP contribution in [0.15, 0.2) is 28.9 Å². The summed E-state index contributed by atoms with van der Waals surface area (Å²) in [5, 5.41) is 14.6. The number of aliphatic carboxylic acids is 1. The highest BCUT2D eigenvalue weighted by atomic mass is 32.2. The van der Waals surface area contributed by atoms with Gasteiger partial charge in [0.2, 0.25) is 10.0 Å². The summed E-state index contributed by atoms with van der Waals surface area (Å²) >= 11 is 1.34. The number of rotatable bonds is 6. The summed E-state index contributed by atoms with van der Waals surface area (Å²) in [5.74, 6) is -1.09. The predicted octanol–water partition coefficient (Wildman–Crippen LogP) is -0.0973. The van der Waals surface area contributed by atoms with Crippen LogP contribution in [-0.4, -0.2) is 34.3 Å². The average molecular weight is 302 g/mol. The summed E-state index contributed by atoms with van der Waals surface area (Å²) in [6.07, 6.45) is 3.85. The third kappa shape index (κ3) is 3.59. The molecule has 0 saturated heterocycles. The SMILES string of the molecule is O=C(O)Cn1cc(S(=O)(=O)NCc2nccs2)cn1. The molecule has 0 saturated carbocycles. The summed E-state index contributed by atoms with van der Waals surface area (Å²) in [7, 11) is -3.71. The second-order valence-corrected chi connectivity index (χ2v) is 6.26. The molecule has 0 spiro atoms. The Balaban J connectivity index is 2.06. The Bertz CT molecular complexity index is 662. The highest BCUT2D eigenvalue weighted by Crippen LogP contribution is 2.09. The monoisotopic (exact) mass is 302 g/mol. The van der Waals surface area contributed by atoms with Crippen LogP contribution in [0.4, 0.5) is 0 Å². The first-order valence-corrected chi connectivity index (χ1v) is 7.46. The molecule has 19 heavy (non-hydrogen) atoms. The van der Waals surface area contributed by atoms with Crippen LogP contribution in [0.1, 0.15) is 5.01 Å². The minimum atomic E-state index is -3.71. The number of hydrogen-bond acceptors (Lipinski definition) is 6. The minimum absolute atomic E-state index is 0.0784. The first-order chi connectivity index (χ1) is 8.97. The zero-order chi connectivity index (χ0) is 13.9. The lowest BCUT2D eigenvalue weighted by atomic mass is 10.6. The van der Waals surface area contributed by atoms with Crippen molar-refractivity contribution in [3.05, 3.63) is 29.0 Å². The molecule has 2 heterocycles. The molecule has 2 aromatic heterocycles. The molecule has 0 amide bonds. The number of nitrogens with zero attached hydrogens (tertiary/aromatic N) is 3. The van der Waals surface area contributed by atoms with Gasteiger partial charge in [0.1, 0.15) is 16.4 Å². The second kappa shape index (κ2) is 5.47. The topological polar surface area (TPSA) is 114 Å². The lowest BCUT2D eigenvalue weighted by Crippen LogP contribution is -2.22. The molecule has 0 radical (unpaired) electrons. The van der Waals surface area contributed by atoms with E-state index in [2.05, 4.69) is 14.8 Å². The van der Waals surface area contributed by atoms with E-state index in [-0.39, 0.29) is 18.0 Å². The van der Waals surface area contributed by atoms with Gasteiger partial charge in [-0.1, -0.05) is 0 Å². The Morgan fingerprint density at radius 2 is 2.32 bits per heavy atom. The fourth-order valence-corrected chi connectivity index (χ4v) is 2.88. The van der Waals surface area contributed by atoms with Crippen molar-refractivity contribution in [3.8, 4) is 0 Å². The number of sulfonamides is 1. The maximum Gasteiger partial charge on any atom is 0.325 e. The maximum atomic E-state index is 11.9. The lowest BCUT2D eigenvalue weighted by molar-refractivity contribution is -0.137. The number of carboxylic acid groups (broad SMARTS) is 1. The van der Waals surface area contributed by atoms with E-state index in [1.165, 1.54) is 11.3 Å². The summed E-state index contributed by atoms with van der Waals surface area (Å²) in [6.45, 7) is -0.299. The molecule has 10 heteroatoms. The van der Waals surface area contributed by atoms with E-state index in [0.717, 1.165) is 17.1 Å². The Morgan fingerprint density at radius 1 is 1.53 bits per heavy atom. The van der Waals surface area contributed by atoms with Crippen molar-refractivity contribution in [2.45, 2.75) is 18.0 Å². The van der Waals surface area contributed by atoms with Crippen molar-refractivity contribution in [3.63, 3.8) is 0 Å². The van der Waals surface area contributed by atoms with Gasteiger partial charge >= 0.3 is 5.97 Å². The number of nitrogens with one attached hydrogen (secondary N) is 1. The molecule has 0 atom stereocenters. The molecule has 2 rings (SSSR count). The van der Waals surface area contributed by atoms with Gasteiger partial charge in [0.25, 0.3) is 0 Å². The zero-order valence-corrected chi connectivity index (χ0v) is 11.2. The Kier molecular flexibility index (Phi) is 3.93. The molecule has 102 valence electrons. The van der Waals surface area contributed by atoms with E-state index in [9.17, 15) is 13.2 Å². The fraction of sp³-hybridized carbons (Fsp3) is 0.222. The molecule has 0 unspecified atom stereocenters. The molecule has 2 N–H and O–H groups in total. The maximum absolute atomic E-state index is 11.9. The Labute approximate surface area is 112 Å². The Hall–Kier alpha value is -1.78. The van der Waals surface area contributed by atoms with Crippen molar-refractivity contribution >= 4 is 27.3 Å². The van der Waals surface area contributed by atoms with Crippen LogP contribution in [0.3, 0.4) is 0 Å². The third-order valence-corrected chi connectivity index (χ3v) is 4.25. The van der Waals surface area contributed by atoms with Gasteiger partial charge in [0, 0.05) is 17.8 Å². The molecule has 0 aliphatic carbocycles. The van der Waals surface area contributed by atoms with E-state index in [4.69, 9.17) is 5.11 Å². The molecule has 0 aliphatic heterocycles. The van der Waals surface area contributed by atoms with Gasteiger partial charge in [-0.05, 0) is 0 Å². The van der Waals surface area contributed by atoms with Crippen LogP contribution < -0.4 is 4.72 Å². The standard InChI is InChI=1S/C9H10N4O4S2/c14-9(15)6-13-5-7(3-11-13)19(16,17)12-4-8-10-1-2-18-8/h1-3,5,12H,4,6H2,(H,14,15). The first-order valence-electron chi connectivity index (χ1n) is 5.09. The normalized spacial score (nSPS) is 11.6. The van der Waals surface area contributed by atoms with Crippen LogP contribution in [0.25, 0.3) is 0 Å². The Morgan fingerprint density at radius 3 is 2.95 bits per heavy atom. The third-order valence-electron chi connectivity index (χ3n) is 2.11. The number of carbonyl (C=O) groups is 1. The lowest BCUT2D eigenvalue weighted by Gasteiger charge is -2.01. The number of hydrogen-bond donors (Lipinski definition) is 2. The van der Waals surface area contributed by atoms with Crippen molar-refractivity contribution in [1.82, 2.24) is 19.5 Å². The van der Waals surface area contributed by atoms with E-state index in [0.29, 0.717) is 5.01 Å². The van der Waals surface area contributed by atoms with Gasteiger partial charge < -0.3 is 5.11 Å². The van der Waals surface area contributed by atoms with Gasteiger partial charge in [-0.25, -0.2) is 18.1 Å². The largest absolute Gasteiger partial charge is 0.480 e. The highest BCUT2D eigenvalue weighted by molar-refractivity contribution is 7.89. The molecule has 0 fully saturated rings. The quantitative estimate of drug-likeness (QED) is 0.770. The second-order valence-electron chi connectivity index (χ2n) is 3.52. The van der Waals surface area contributed by atoms with E-state index >= 15 is 0 Å². The molecular formula is C9H10N4O4S2. The summed E-state index contributed by atoms with van der Waals surface area (Å²) in [6, 6.07) is 0. The van der Waals surface area contributed by atoms with Crippen molar-refractivity contribution in [2.75, 3.05) is 0 Å². The minimum Gasteiger partial charge on any atom is -0.480 e. The van der Waals surface area contributed by atoms with Gasteiger partial charge in [0.15, 0.2) is 0 Å². The van der Waals surface area contributed by atoms with Gasteiger partial charge in [-0.2, -0.15) is 5.10 Å². The van der Waals surface area contributed by atoms with Crippen molar-refractivity contribution in [2.24, 2.45) is 0 Å². The van der Waals surface area contributed by atoms with Crippen LogP contribution in [0, 0.1) is 0 Å². The van der Waals surface area contributed by atoms with Crippen LogP contribution in [0.2, 0.25) is 0 Å². The van der Waals surface area contributed by atoms with Gasteiger partial charge in [0.05, 0.1) is 12.7 Å². The summed E-state index contributed by atoms with van der Waals surface area (Å²) in [4.78, 5) is 14.3. The molecule has 8 nitrogen and oxygen atoms in total. The van der Waals surface area contributed by atoms with Gasteiger partial charge in [-0.15, -0.1) is 11.3 Å². The van der Waals surface area contributed by atoms with Gasteiger partial charge in [-0.3, -0.25) is 9.48 Å². The van der Waals surface area contributed by atoms with E-state index in [1.807, 2.05) is 0 Å². The van der Waals surface area contributed by atoms with Crippen LogP contribution >= 0.6 is 11.3 Å². The number of aromatic nitrogens is 3. The predicted molar refractivity (Wildman–Crippen MR) is 66.0 cm³/mol. The summed E-state index contributed by atoms with van der Waals surface area (Å²) in [5.41, 5.74) is 0. The van der Waals surface area contributed by atoms with Crippen molar-refractivity contribution < 1.29 is 18.3 Å². The molecule has 0 aromatic carbocycles. The fourth-order valence-electron chi connectivity index (χ4n) is 1.29. The molecule has 0 bridgehead atoms. The average Bonchev–Trinajstić information content (AvgIpc) is 2.96.